The molecule has 3 aromatic rings. The SMILES string of the molecule is C=C(OCC)c1nccc(C)n1.Cc1ccnc(C(=O)CF)n1.Cc1ccnc(Cl)n1. The number of hydrogen-bond donors (Lipinski definition) is 0. The van der Waals surface area contributed by atoms with Gasteiger partial charge < -0.3 is 4.74 Å². The molecule has 0 atom stereocenters. The smallest absolute Gasteiger partial charge is 0.230 e. The number of aryl methyl sites for hydroxylation is 3. The van der Waals surface area contributed by atoms with Crippen LogP contribution in [0.3, 0.4) is 0 Å². The number of hydrogen-bond acceptors (Lipinski definition) is 8. The highest BCUT2D eigenvalue weighted by molar-refractivity contribution is 6.28. The molecule has 3 aromatic heterocycles. The predicted molar refractivity (Wildman–Crippen MR) is 116 cm³/mol. The Hall–Kier alpha value is -3.33. The highest BCUT2D eigenvalue weighted by Crippen LogP contribution is 2.07. The highest BCUT2D eigenvalue weighted by Gasteiger charge is 2.07. The Kier molecular flexibility index (Phi) is 11.5. The number of aromatic nitrogens is 6. The number of carbonyl (C=O) groups excluding carboxylic acids is 1. The number of Topliss-reactive ketones (excluding diaryl/α,β-unsaturated/α-hetero) is 1. The van der Waals surface area contributed by atoms with Crippen molar-refractivity contribution >= 4 is 23.1 Å². The summed E-state index contributed by atoms with van der Waals surface area (Å²) in [6.07, 6.45) is 4.76. The van der Waals surface area contributed by atoms with Gasteiger partial charge in [0.25, 0.3) is 0 Å². The first-order chi connectivity index (χ1) is 14.8. The number of ether oxygens (including phenoxy) is 1. The molecule has 10 heteroatoms. The number of ketones is 1. The van der Waals surface area contributed by atoms with Gasteiger partial charge >= 0.3 is 0 Å². The molecular weight excluding hydrogens is 423 g/mol. The fourth-order valence-electron chi connectivity index (χ4n) is 1.88. The van der Waals surface area contributed by atoms with Crippen molar-refractivity contribution in [2.75, 3.05) is 13.3 Å². The van der Waals surface area contributed by atoms with E-state index in [-0.39, 0.29) is 5.82 Å². The molecule has 0 aliphatic heterocycles. The second kappa shape index (κ2) is 13.8. The van der Waals surface area contributed by atoms with Crippen molar-refractivity contribution in [3.63, 3.8) is 0 Å². The molecule has 3 heterocycles. The maximum Gasteiger partial charge on any atom is 0.230 e. The van der Waals surface area contributed by atoms with E-state index >= 15 is 0 Å². The maximum absolute atomic E-state index is 11.8. The lowest BCUT2D eigenvalue weighted by atomic mass is 10.3. The molecule has 0 amide bonds. The molecule has 0 spiro atoms. The standard InChI is InChI=1S/C9H12N2O.C7H7FN2O.C5H5ClN2/c1-4-12-8(3)9-10-6-5-7(2)11-9;1-5-2-3-9-7(10-5)6(11)4-8;1-4-2-3-7-5(6)8-4/h5-6H,3-4H2,1-2H3;2-3H,4H2,1H3;2-3H,1H3. The first-order valence-corrected chi connectivity index (χ1v) is 9.60. The van der Waals surface area contributed by atoms with Crippen LogP contribution in [0, 0.1) is 20.8 Å². The van der Waals surface area contributed by atoms with Crippen molar-refractivity contribution in [2.45, 2.75) is 27.7 Å². The molecule has 0 fully saturated rings. The van der Waals surface area contributed by atoms with Crippen molar-refractivity contribution in [3.05, 3.63) is 77.4 Å². The fraction of sp³-hybridized carbons (Fsp3) is 0.286. The normalized spacial score (nSPS) is 9.48. The lowest BCUT2D eigenvalue weighted by Crippen LogP contribution is -2.07. The lowest BCUT2D eigenvalue weighted by Gasteiger charge is -2.04. The van der Waals surface area contributed by atoms with E-state index in [1.165, 1.54) is 6.20 Å². The Morgan fingerprint density at radius 3 is 1.84 bits per heavy atom. The van der Waals surface area contributed by atoms with Crippen LogP contribution in [-0.2, 0) is 4.74 Å². The van der Waals surface area contributed by atoms with Crippen LogP contribution in [0.15, 0.2) is 43.4 Å². The van der Waals surface area contributed by atoms with Crippen LogP contribution in [-0.4, -0.2) is 49.0 Å². The monoisotopic (exact) mass is 446 g/mol. The largest absolute Gasteiger partial charge is 0.491 e. The summed E-state index contributed by atoms with van der Waals surface area (Å²) in [5.74, 6) is 0.374. The topological polar surface area (TPSA) is 104 Å². The van der Waals surface area contributed by atoms with E-state index in [4.69, 9.17) is 16.3 Å². The van der Waals surface area contributed by atoms with Gasteiger partial charge in [-0.1, -0.05) is 6.58 Å². The maximum atomic E-state index is 11.8. The Morgan fingerprint density at radius 2 is 1.42 bits per heavy atom. The van der Waals surface area contributed by atoms with Gasteiger partial charge in [-0.3, -0.25) is 4.79 Å². The van der Waals surface area contributed by atoms with Gasteiger partial charge in [0.1, 0.15) is 0 Å². The summed E-state index contributed by atoms with van der Waals surface area (Å²) < 4.78 is 16.9. The Morgan fingerprint density at radius 1 is 0.935 bits per heavy atom. The van der Waals surface area contributed by atoms with Crippen LogP contribution in [0.25, 0.3) is 5.76 Å². The Bertz CT molecular complexity index is 986. The first kappa shape index (κ1) is 25.7. The molecule has 3 rings (SSSR count). The third-order valence-corrected chi connectivity index (χ3v) is 3.48. The van der Waals surface area contributed by atoms with Crippen LogP contribution >= 0.6 is 11.6 Å². The molecule has 0 saturated heterocycles. The average Bonchev–Trinajstić information content (AvgIpc) is 2.74. The summed E-state index contributed by atoms with van der Waals surface area (Å²) in [5.41, 5.74) is 2.47. The van der Waals surface area contributed by atoms with E-state index in [2.05, 4.69) is 36.5 Å². The van der Waals surface area contributed by atoms with E-state index in [0.717, 1.165) is 11.4 Å². The van der Waals surface area contributed by atoms with E-state index < -0.39 is 12.5 Å². The van der Waals surface area contributed by atoms with Crippen LogP contribution in [0.4, 0.5) is 4.39 Å². The minimum atomic E-state index is -1.04. The zero-order chi connectivity index (χ0) is 23.2. The van der Waals surface area contributed by atoms with Crippen molar-refractivity contribution in [3.8, 4) is 0 Å². The molecular formula is C21H24ClFN6O2. The summed E-state index contributed by atoms with van der Waals surface area (Å²) in [6, 6.07) is 5.28. The first-order valence-electron chi connectivity index (χ1n) is 9.22. The summed E-state index contributed by atoms with van der Waals surface area (Å²) in [6.45, 7) is 10.7. The summed E-state index contributed by atoms with van der Waals surface area (Å²) in [4.78, 5) is 33.7. The summed E-state index contributed by atoms with van der Waals surface area (Å²) in [5, 5.41) is 0.310. The van der Waals surface area contributed by atoms with Crippen molar-refractivity contribution in [1.82, 2.24) is 29.9 Å². The number of rotatable bonds is 5. The number of halogens is 2. The quantitative estimate of drug-likeness (QED) is 0.327. The molecule has 8 nitrogen and oxygen atoms in total. The van der Waals surface area contributed by atoms with E-state index in [1.807, 2.05) is 26.8 Å². The van der Waals surface area contributed by atoms with Gasteiger partial charge in [-0.2, -0.15) is 0 Å². The molecule has 0 radical (unpaired) electrons. The summed E-state index contributed by atoms with van der Waals surface area (Å²) in [7, 11) is 0. The van der Waals surface area contributed by atoms with Gasteiger partial charge in [0.2, 0.25) is 11.1 Å². The van der Waals surface area contributed by atoms with Gasteiger partial charge in [-0.25, -0.2) is 34.3 Å². The molecule has 0 bridgehead atoms. The molecule has 0 aliphatic rings. The molecule has 0 aromatic carbocycles. The summed E-state index contributed by atoms with van der Waals surface area (Å²) >= 11 is 5.42. The minimum absolute atomic E-state index is 0.0486. The number of nitrogens with zero attached hydrogens (tertiary/aromatic N) is 6. The molecule has 31 heavy (non-hydrogen) atoms. The van der Waals surface area contributed by atoms with Crippen LogP contribution in [0.1, 0.15) is 40.4 Å². The number of alkyl halides is 1. The zero-order valence-electron chi connectivity index (χ0n) is 17.8. The average molecular weight is 447 g/mol. The van der Waals surface area contributed by atoms with Gasteiger partial charge in [0.15, 0.2) is 24.1 Å². The zero-order valence-corrected chi connectivity index (χ0v) is 18.6. The molecule has 0 saturated carbocycles. The van der Waals surface area contributed by atoms with E-state index in [0.29, 0.717) is 29.2 Å². The van der Waals surface area contributed by atoms with Crippen LogP contribution in [0.5, 0.6) is 0 Å². The number of carbonyl (C=O) groups is 1. The predicted octanol–water partition coefficient (Wildman–Crippen LogP) is 4.17. The van der Waals surface area contributed by atoms with Crippen molar-refractivity contribution in [1.29, 1.82) is 0 Å². The second-order valence-electron chi connectivity index (χ2n) is 5.92. The molecule has 164 valence electrons. The molecule has 0 aliphatic carbocycles. The van der Waals surface area contributed by atoms with Crippen LogP contribution < -0.4 is 0 Å². The van der Waals surface area contributed by atoms with Crippen molar-refractivity contribution < 1.29 is 13.9 Å². The highest BCUT2D eigenvalue weighted by atomic mass is 35.5. The van der Waals surface area contributed by atoms with Gasteiger partial charge in [-0.15, -0.1) is 0 Å². The van der Waals surface area contributed by atoms with E-state index in [1.54, 1.807) is 31.5 Å². The third kappa shape index (κ3) is 10.3. The second-order valence-corrected chi connectivity index (χ2v) is 6.26. The molecule has 0 unspecified atom stereocenters. The Labute approximate surface area is 185 Å². The third-order valence-electron chi connectivity index (χ3n) is 3.29. The lowest BCUT2D eigenvalue weighted by molar-refractivity contribution is 0.0948. The fourth-order valence-corrected chi connectivity index (χ4v) is 2.07. The van der Waals surface area contributed by atoms with Gasteiger partial charge in [0, 0.05) is 35.7 Å². The van der Waals surface area contributed by atoms with Crippen molar-refractivity contribution in [2.24, 2.45) is 0 Å². The molecule has 0 N–H and O–H groups in total. The van der Waals surface area contributed by atoms with Gasteiger partial charge in [-0.05, 0) is 57.5 Å². The Balaban J connectivity index is 0.000000237. The van der Waals surface area contributed by atoms with Crippen LogP contribution in [0.2, 0.25) is 5.28 Å². The van der Waals surface area contributed by atoms with Gasteiger partial charge in [0.05, 0.1) is 6.61 Å². The minimum Gasteiger partial charge on any atom is -0.491 e. The van der Waals surface area contributed by atoms with E-state index in [9.17, 15) is 9.18 Å².